The highest BCUT2D eigenvalue weighted by Gasteiger charge is 2.34. The number of amides is 1. The molecule has 0 bridgehead atoms. The molecule has 3 aromatic rings. The topological polar surface area (TPSA) is 103 Å². The Labute approximate surface area is 180 Å². The summed E-state index contributed by atoms with van der Waals surface area (Å²) in [5, 5.41) is 15.9. The smallest absolute Gasteiger partial charge is 0.406 e. The Bertz CT molecular complexity index is 1180. The van der Waals surface area contributed by atoms with Crippen LogP contribution in [-0.2, 0) is 18.4 Å². The number of para-hydroxylation sites is 1. The molecule has 12 heteroatoms. The lowest BCUT2D eigenvalue weighted by atomic mass is 10.1. The third-order valence-electron chi connectivity index (χ3n) is 4.69. The minimum absolute atomic E-state index is 0.0195. The number of nitro groups is 1. The number of nitrogens with zero attached hydrogens (tertiary/aromatic N) is 5. The molecule has 170 valence electrons. The van der Waals surface area contributed by atoms with Crippen LogP contribution in [0, 0.1) is 24.0 Å². The maximum atomic E-state index is 13.1. The van der Waals surface area contributed by atoms with Gasteiger partial charge in [0.05, 0.1) is 16.9 Å². The maximum Gasteiger partial charge on any atom is 0.406 e. The molecule has 0 unspecified atom stereocenters. The van der Waals surface area contributed by atoms with Crippen LogP contribution in [0.5, 0.6) is 5.88 Å². The number of ether oxygens (including phenoxy) is 1. The number of hydrogen-bond acceptors (Lipinski definition) is 6. The van der Waals surface area contributed by atoms with Gasteiger partial charge >= 0.3 is 6.18 Å². The summed E-state index contributed by atoms with van der Waals surface area (Å²) in [6.07, 6.45) is -4.70. The average molecular weight is 451 g/mol. The van der Waals surface area contributed by atoms with Crippen LogP contribution in [0.4, 0.5) is 18.9 Å². The van der Waals surface area contributed by atoms with Crippen molar-refractivity contribution in [3.8, 4) is 5.88 Å². The third kappa shape index (κ3) is 5.13. The van der Waals surface area contributed by atoms with E-state index in [1.807, 2.05) is 0 Å². The molecule has 0 fully saturated rings. The Morgan fingerprint density at radius 2 is 1.97 bits per heavy atom. The van der Waals surface area contributed by atoms with Gasteiger partial charge in [0.1, 0.15) is 6.54 Å². The van der Waals surface area contributed by atoms with Crippen LogP contribution < -0.4 is 4.74 Å². The van der Waals surface area contributed by atoms with Gasteiger partial charge < -0.3 is 9.64 Å². The molecule has 1 aromatic carbocycles. The van der Waals surface area contributed by atoms with Gasteiger partial charge in [-0.05, 0) is 25.5 Å². The molecule has 9 nitrogen and oxygen atoms in total. The monoisotopic (exact) mass is 451 g/mol. The largest absolute Gasteiger partial charge is 0.466 e. The van der Waals surface area contributed by atoms with Crippen LogP contribution in [0.2, 0.25) is 0 Å². The second-order valence-electron chi connectivity index (χ2n) is 7.25. The van der Waals surface area contributed by atoms with Crippen LogP contribution >= 0.6 is 0 Å². The Kier molecular flexibility index (Phi) is 6.32. The highest BCUT2D eigenvalue weighted by atomic mass is 19.4. The maximum absolute atomic E-state index is 13.1. The van der Waals surface area contributed by atoms with Crippen molar-refractivity contribution in [3.05, 3.63) is 57.3 Å². The molecule has 0 radical (unpaired) electrons. The summed E-state index contributed by atoms with van der Waals surface area (Å²) < 4.78 is 46.2. The van der Waals surface area contributed by atoms with Crippen molar-refractivity contribution in [1.82, 2.24) is 19.7 Å². The lowest BCUT2D eigenvalue weighted by molar-refractivity contribution is -0.385. The zero-order valence-corrected chi connectivity index (χ0v) is 17.5. The number of alkyl halides is 3. The summed E-state index contributed by atoms with van der Waals surface area (Å²) in [5.74, 6) is -0.921. The van der Waals surface area contributed by atoms with Gasteiger partial charge in [-0.1, -0.05) is 18.2 Å². The van der Waals surface area contributed by atoms with Gasteiger partial charge in [0, 0.05) is 24.4 Å². The number of fused-ring (bicyclic) bond motifs is 1. The van der Waals surface area contributed by atoms with Crippen molar-refractivity contribution < 1.29 is 27.6 Å². The standard InChI is InChI=1S/C20H20F3N5O4/c1-12-8-13(2)24-18-17(12)19(25-26(18)3)32-10-16(29)27(11-20(21,22)23)9-14-6-4-5-7-15(14)28(30)31/h4-8H,9-11H2,1-3H3. The van der Waals surface area contributed by atoms with Gasteiger partial charge in [-0.3, -0.25) is 14.9 Å². The zero-order valence-electron chi connectivity index (χ0n) is 17.5. The number of hydrogen-bond donors (Lipinski definition) is 0. The molecule has 0 aliphatic rings. The highest BCUT2D eigenvalue weighted by molar-refractivity contribution is 5.85. The fraction of sp³-hybridized carbons (Fsp3) is 0.350. The molecule has 2 heterocycles. The molecule has 0 spiro atoms. The van der Waals surface area contributed by atoms with E-state index in [1.165, 1.54) is 28.9 Å². The van der Waals surface area contributed by atoms with Crippen molar-refractivity contribution in [2.24, 2.45) is 7.05 Å². The number of carbonyl (C=O) groups is 1. The molecule has 0 saturated carbocycles. The molecule has 0 atom stereocenters. The van der Waals surface area contributed by atoms with E-state index < -0.39 is 36.7 Å². The summed E-state index contributed by atoms with van der Waals surface area (Å²) >= 11 is 0. The molecular formula is C20H20F3N5O4. The third-order valence-corrected chi connectivity index (χ3v) is 4.69. The lowest BCUT2D eigenvalue weighted by Crippen LogP contribution is -2.41. The lowest BCUT2D eigenvalue weighted by Gasteiger charge is -2.24. The van der Waals surface area contributed by atoms with Crippen LogP contribution in [-0.4, -0.2) is 49.8 Å². The Hall–Kier alpha value is -3.70. The first kappa shape index (κ1) is 23.0. The second-order valence-corrected chi connectivity index (χ2v) is 7.25. The van der Waals surface area contributed by atoms with Gasteiger partial charge in [-0.25, -0.2) is 9.67 Å². The number of rotatable bonds is 7. The Morgan fingerprint density at radius 1 is 1.28 bits per heavy atom. The molecule has 32 heavy (non-hydrogen) atoms. The second kappa shape index (κ2) is 8.81. The van der Waals surface area contributed by atoms with Crippen molar-refractivity contribution in [2.75, 3.05) is 13.2 Å². The molecule has 0 saturated heterocycles. The number of aryl methyl sites for hydroxylation is 3. The highest BCUT2D eigenvalue weighted by Crippen LogP contribution is 2.28. The van der Waals surface area contributed by atoms with Crippen LogP contribution in [0.25, 0.3) is 11.0 Å². The quantitative estimate of drug-likeness (QED) is 0.403. The normalized spacial score (nSPS) is 11.6. The Balaban J connectivity index is 1.84. The molecule has 1 amide bonds. The van der Waals surface area contributed by atoms with E-state index >= 15 is 0 Å². The fourth-order valence-electron chi connectivity index (χ4n) is 3.35. The van der Waals surface area contributed by atoms with Gasteiger partial charge in [0.25, 0.3) is 11.6 Å². The summed E-state index contributed by atoms with van der Waals surface area (Å²) in [4.78, 5) is 28.0. The molecule has 2 aromatic heterocycles. The number of halogens is 3. The number of aromatic nitrogens is 3. The SMILES string of the molecule is Cc1cc(C)c2c(OCC(=O)N(Cc3ccccc3[N+](=O)[O-])CC(F)(F)F)nn(C)c2n1. The molecule has 3 rings (SSSR count). The summed E-state index contributed by atoms with van der Waals surface area (Å²) in [6, 6.07) is 7.11. The fourth-order valence-corrected chi connectivity index (χ4v) is 3.35. The van der Waals surface area contributed by atoms with Crippen molar-refractivity contribution in [2.45, 2.75) is 26.6 Å². The predicted molar refractivity (Wildman–Crippen MR) is 108 cm³/mol. The van der Waals surface area contributed by atoms with E-state index in [1.54, 1.807) is 27.0 Å². The van der Waals surface area contributed by atoms with Crippen LogP contribution in [0.15, 0.2) is 30.3 Å². The number of carbonyl (C=O) groups excluding carboxylic acids is 1. The van der Waals surface area contributed by atoms with E-state index in [2.05, 4.69) is 10.1 Å². The zero-order chi connectivity index (χ0) is 23.6. The van der Waals surface area contributed by atoms with Crippen molar-refractivity contribution in [1.29, 1.82) is 0 Å². The number of nitro benzene ring substituents is 1. The van der Waals surface area contributed by atoms with Crippen molar-refractivity contribution >= 4 is 22.6 Å². The summed E-state index contributed by atoms with van der Waals surface area (Å²) in [6.45, 7) is 0.709. The summed E-state index contributed by atoms with van der Waals surface area (Å²) in [5.41, 5.74) is 1.66. The number of benzene rings is 1. The van der Waals surface area contributed by atoms with E-state index in [-0.39, 0.29) is 17.1 Å². The van der Waals surface area contributed by atoms with E-state index in [9.17, 15) is 28.1 Å². The van der Waals surface area contributed by atoms with Gasteiger partial charge in [0.2, 0.25) is 5.88 Å². The average Bonchev–Trinajstić information content (AvgIpc) is 3.00. The molecule has 0 aliphatic carbocycles. The van der Waals surface area contributed by atoms with Gasteiger partial charge in [-0.15, -0.1) is 5.10 Å². The van der Waals surface area contributed by atoms with Gasteiger partial charge in [-0.2, -0.15) is 13.2 Å². The van der Waals surface area contributed by atoms with Crippen LogP contribution in [0.1, 0.15) is 16.8 Å². The van der Waals surface area contributed by atoms with Crippen molar-refractivity contribution in [3.63, 3.8) is 0 Å². The Morgan fingerprint density at radius 3 is 2.62 bits per heavy atom. The predicted octanol–water partition coefficient (Wildman–Crippen LogP) is 3.46. The van der Waals surface area contributed by atoms with E-state index in [0.717, 1.165) is 11.3 Å². The molecule has 0 aliphatic heterocycles. The minimum atomic E-state index is -4.70. The molecule has 0 N–H and O–H groups in total. The first-order chi connectivity index (χ1) is 15.0. The molecular weight excluding hydrogens is 431 g/mol. The number of pyridine rings is 1. The van der Waals surface area contributed by atoms with Gasteiger partial charge in [0.15, 0.2) is 12.3 Å². The van der Waals surface area contributed by atoms with E-state index in [0.29, 0.717) is 15.9 Å². The summed E-state index contributed by atoms with van der Waals surface area (Å²) in [7, 11) is 1.63. The van der Waals surface area contributed by atoms with Crippen LogP contribution in [0.3, 0.4) is 0 Å². The first-order valence-corrected chi connectivity index (χ1v) is 9.47. The minimum Gasteiger partial charge on any atom is -0.466 e. The van der Waals surface area contributed by atoms with E-state index in [4.69, 9.17) is 4.74 Å². The first-order valence-electron chi connectivity index (χ1n) is 9.47.